The lowest BCUT2D eigenvalue weighted by molar-refractivity contribution is 0.102. The molecule has 0 aromatic carbocycles. The van der Waals surface area contributed by atoms with E-state index in [1.165, 1.54) is 0 Å². The maximum atomic E-state index is 12.0. The average Bonchev–Trinajstić information content (AvgIpc) is 2.88. The SMILES string of the molecule is CCn1ccc(C(=O)Nc2cncc(C(C)C)c2)n1. The Balaban J connectivity index is 2.12. The number of amides is 1. The molecule has 0 saturated carbocycles. The van der Waals surface area contributed by atoms with Crippen molar-refractivity contribution >= 4 is 11.6 Å². The van der Waals surface area contributed by atoms with Crippen LogP contribution in [-0.2, 0) is 6.54 Å². The van der Waals surface area contributed by atoms with Gasteiger partial charge in [-0.05, 0) is 30.5 Å². The molecule has 0 atom stereocenters. The summed E-state index contributed by atoms with van der Waals surface area (Å²) in [6, 6.07) is 3.64. The van der Waals surface area contributed by atoms with Crippen LogP contribution in [0.3, 0.4) is 0 Å². The van der Waals surface area contributed by atoms with E-state index in [-0.39, 0.29) is 5.91 Å². The van der Waals surface area contributed by atoms with Crippen molar-refractivity contribution in [1.82, 2.24) is 14.8 Å². The number of anilines is 1. The number of aromatic nitrogens is 3. The zero-order valence-electron chi connectivity index (χ0n) is 11.4. The highest BCUT2D eigenvalue weighted by Crippen LogP contribution is 2.17. The van der Waals surface area contributed by atoms with Crippen LogP contribution >= 0.6 is 0 Å². The molecule has 0 fully saturated rings. The topological polar surface area (TPSA) is 59.8 Å². The van der Waals surface area contributed by atoms with Gasteiger partial charge in [-0.3, -0.25) is 14.5 Å². The van der Waals surface area contributed by atoms with Gasteiger partial charge in [0.1, 0.15) is 0 Å². The summed E-state index contributed by atoms with van der Waals surface area (Å²) in [6.07, 6.45) is 5.24. The monoisotopic (exact) mass is 258 g/mol. The van der Waals surface area contributed by atoms with Gasteiger partial charge in [0.05, 0.1) is 11.9 Å². The number of hydrogen-bond acceptors (Lipinski definition) is 3. The molecule has 0 aliphatic rings. The predicted molar refractivity (Wildman–Crippen MR) is 74.2 cm³/mol. The summed E-state index contributed by atoms with van der Waals surface area (Å²) >= 11 is 0. The Labute approximate surface area is 112 Å². The first-order valence-corrected chi connectivity index (χ1v) is 6.40. The number of nitrogens with zero attached hydrogens (tertiary/aromatic N) is 3. The van der Waals surface area contributed by atoms with Crippen molar-refractivity contribution in [2.45, 2.75) is 33.2 Å². The van der Waals surface area contributed by atoms with E-state index in [1.807, 2.05) is 19.2 Å². The summed E-state index contributed by atoms with van der Waals surface area (Å²) < 4.78 is 1.72. The van der Waals surface area contributed by atoms with Gasteiger partial charge in [-0.2, -0.15) is 5.10 Å². The zero-order chi connectivity index (χ0) is 13.8. The van der Waals surface area contributed by atoms with Crippen LogP contribution in [-0.4, -0.2) is 20.7 Å². The van der Waals surface area contributed by atoms with Crippen LogP contribution in [0.1, 0.15) is 42.7 Å². The second-order valence-corrected chi connectivity index (χ2v) is 4.67. The van der Waals surface area contributed by atoms with Gasteiger partial charge < -0.3 is 5.32 Å². The number of nitrogens with one attached hydrogen (secondary N) is 1. The van der Waals surface area contributed by atoms with Crippen molar-refractivity contribution in [2.24, 2.45) is 0 Å². The molecule has 19 heavy (non-hydrogen) atoms. The molecule has 1 N–H and O–H groups in total. The van der Waals surface area contributed by atoms with Gasteiger partial charge in [0.25, 0.3) is 5.91 Å². The molecule has 0 aliphatic carbocycles. The molecular formula is C14H18N4O. The Bertz CT molecular complexity index is 574. The first-order chi connectivity index (χ1) is 9.10. The molecule has 2 rings (SSSR count). The largest absolute Gasteiger partial charge is 0.319 e. The summed E-state index contributed by atoms with van der Waals surface area (Å²) in [6.45, 7) is 6.90. The van der Waals surface area contributed by atoms with Crippen molar-refractivity contribution in [1.29, 1.82) is 0 Å². The molecule has 0 spiro atoms. The van der Waals surface area contributed by atoms with E-state index in [4.69, 9.17) is 0 Å². The zero-order valence-corrected chi connectivity index (χ0v) is 11.4. The van der Waals surface area contributed by atoms with Crippen LogP contribution in [0, 0.1) is 0 Å². The quantitative estimate of drug-likeness (QED) is 0.917. The highest BCUT2D eigenvalue weighted by molar-refractivity contribution is 6.02. The fraction of sp³-hybridized carbons (Fsp3) is 0.357. The summed E-state index contributed by atoms with van der Waals surface area (Å²) in [7, 11) is 0. The summed E-state index contributed by atoms with van der Waals surface area (Å²) in [5.41, 5.74) is 2.20. The fourth-order valence-electron chi connectivity index (χ4n) is 1.70. The van der Waals surface area contributed by atoms with Crippen molar-refractivity contribution in [3.05, 3.63) is 42.0 Å². The van der Waals surface area contributed by atoms with Crippen LogP contribution in [0.5, 0.6) is 0 Å². The van der Waals surface area contributed by atoms with Gasteiger partial charge in [0.2, 0.25) is 0 Å². The maximum Gasteiger partial charge on any atom is 0.276 e. The third-order valence-corrected chi connectivity index (χ3v) is 2.88. The standard InChI is InChI=1S/C14H18N4O/c1-4-18-6-5-13(17-18)14(19)16-12-7-11(10(2)3)8-15-9-12/h5-10H,4H2,1-3H3,(H,16,19). The third kappa shape index (κ3) is 3.19. The van der Waals surface area contributed by atoms with E-state index in [0.717, 1.165) is 12.1 Å². The lowest BCUT2D eigenvalue weighted by atomic mass is 10.1. The minimum absolute atomic E-state index is 0.213. The predicted octanol–water partition coefficient (Wildman–Crippen LogP) is 2.67. The van der Waals surface area contributed by atoms with Gasteiger partial charge in [0, 0.05) is 18.9 Å². The Kier molecular flexibility index (Phi) is 3.94. The summed E-state index contributed by atoms with van der Waals surface area (Å²) in [4.78, 5) is 16.1. The number of aryl methyl sites for hydroxylation is 1. The molecule has 0 radical (unpaired) electrons. The Hall–Kier alpha value is -2.17. The molecule has 100 valence electrons. The van der Waals surface area contributed by atoms with Crippen molar-refractivity contribution in [2.75, 3.05) is 5.32 Å². The first kappa shape index (κ1) is 13.3. The van der Waals surface area contributed by atoms with Crippen molar-refractivity contribution in [3.63, 3.8) is 0 Å². The average molecular weight is 258 g/mol. The molecule has 0 unspecified atom stereocenters. The van der Waals surface area contributed by atoms with E-state index in [0.29, 0.717) is 17.3 Å². The molecule has 5 nitrogen and oxygen atoms in total. The van der Waals surface area contributed by atoms with Crippen LogP contribution in [0.15, 0.2) is 30.7 Å². The highest BCUT2D eigenvalue weighted by atomic mass is 16.1. The molecule has 2 heterocycles. The third-order valence-electron chi connectivity index (χ3n) is 2.88. The number of rotatable bonds is 4. The number of carbonyl (C=O) groups is 1. The minimum Gasteiger partial charge on any atom is -0.319 e. The van der Waals surface area contributed by atoms with Crippen LogP contribution in [0.4, 0.5) is 5.69 Å². The number of carbonyl (C=O) groups excluding carboxylic acids is 1. The van der Waals surface area contributed by atoms with Gasteiger partial charge in [0.15, 0.2) is 5.69 Å². The second-order valence-electron chi connectivity index (χ2n) is 4.67. The van der Waals surface area contributed by atoms with E-state index in [9.17, 15) is 4.79 Å². The smallest absolute Gasteiger partial charge is 0.276 e. The summed E-state index contributed by atoms with van der Waals surface area (Å²) in [5.74, 6) is 0.165. The minimum atomic E-state index is -0.213. The first-order valence-electron chi connectivity index (χ1n) is 6.40. The number of pyridine rings is 1. The molecule has 1 amide bonds. The van der Waals surface area contributed by atoms with E-state index < -0.39 is 0 Å². The molecule has 2 aromatic heterocycles. The van der Waals surface area contributed by atoms with Gasteiger partial charge in [-0.15, -0.1) is 0 Å². The molecular weight excluding hydrogens is 240 g/mol. The van der Waals surface area contributed by atoms with Crippen LogP contribution in [0.25, 0.3) is 0 Å². The maximum absolute atomic E-state index is 12.0. The Morgan fingerprint density at radius 3 is 2.84 bits per heavy atom. The molecule has 2 aromatic rings. The van der Waals surface area contributed by atoms with Crippen LogP contribution < -0.4 is 5.32 Å². The molecule has 0 saturated heterocycles. The lowest BCUT2D eigenvalue weighted by Crippen LogP contribution is -2.13. The van der Waals surface area contributed by atoms with E-state index in [2.05, 4.69) is 29.2 Å². The highest BCUT2D eigenvalue weighted by Gasteiger charge is 2.10. The lowest BCUT2D eigenvalue weighted by Gasteiger charge is -2.07. The Morgan fingerprint density at radius 1 is 1.42 bits per heavy atom. The second kappa shape index (κ2) is 5.65. The van der Waals surface area contributed by atoms with E-state index >= 15 is 0 Å². The van der Waals surface area contributed by atoms with Crippen molar-refractivity contribution < 1.29 is 4.79 Å². The number of hydrogen-bond donors (Lipinski definition) is 1. The van der Waals surface area contributed by atoms with Gasteiger partial charge in [-0.25, -0.2) is 0 Å². The molecule has 0 aliphatic heterocycles. The van der Waals surface area contributed by atoms with Crippen LogP contribution in [0.2, 0.25) is 0 Å². The fourth-order valence-corrected chi connectivity index (χ4v) is 1.70. The van der Waals surface area contributed by atoms with Crippen molar-refractivity contribution in [3.8, 4) is 0 Å². The molecule has 5 heteroatoms. The Morgan fingerprint density at radius 2 is 2.21 bits per heavy atom. The van der Waals surface area contributed by atoms with E-state index in [1.54, 1.807) is 23.1 Å². The normalized spacial score (nSPS) is 10.7. The molecule has 0 bridgehead atoms. The summed E-state index contributed by atoms with van der Waals surface area (Å²) in [5, 5.41) is 6.98. The van der Waals surface area contributed by atoms with Gasteiger partial charge >= 0.3 is 0 Å². The van der Waals surface area contributed by atoms with Gasteiger partial charge in [-0.1, -0.05) is 13.8 Å².